The Morgan fingerprint density at radius 1 is 1.82 bits per heavy atom. The van der Waals surface area contributed by atoms with Crippen LogP contribution < -0.4 is 5.32 Å². The molecule has 0 radical (unpaired) electrons. The van der Waals surface area contributed by atoms with Crippen LogP contribution in [-0.4, -0.2) is 28.9 Å². The highest BCUT2D eigenvalue weighted by Gasteiger charge is 2.17. The van der Waals surface area contributed by atoms with Crippen LogP contribution in [0, 0.1) is 4.91 Å². The average molecular weight is 161 g/mol. The van der Waals surface area contributed by atoms with Gasteiger partial charge in [0.15, 0.2) is 6.23 Å². The number of nitroso groups, excluding NO2 is 1. The Bertz CT molecular complexity index is 148. The van der Waals surface area contributed by atoms with E-state index in [2.05, 4.69) is 10.6 Å². The van der Waals surface area contributed by atoms with Crippen LogP contribution in [0.5, 0.6) is 0 Å². The summed E-state index contributed by atoms with van der Waals surface area (Å²) in [5, 5.41) is 13.8. The van der Waals surface area contributed by atoms with Gasteiger partial charge in [0.25, 0.3) is 0 Å². The molecule has 11 heavy (non-hydrogen) atoms. The van der Waals surface area contributed by atoms with Gasteiger partial charge in [0, 0.05) is 6.54 Å². The van der Waals surface area contributed by atoms with Crippen LogP contribution in [0.15, 0.2) is 5.29 Å². The summed E-state index contributed by atoms with van der Waals surface area (Å²) in [5.41, 5.74) is 0. The fourth-order valence-electron chi connectivity index (χ4n) is 0.507. The molecule has 6 nitrogen and oxygen atoms in total. The number of amides is 2. The van der Waals surface area contributed by atoms with E-state index in [0.29, 0.717) is 11.6 Å². The van der Waals surface area contributed by atoms with Crippen LogP contribution >= 0.6 is 0 Å². The second-order valence-corrected chi connectivity index (χ2v) is 1.89. The third-order valence-corrected chi connectivity index (χ3v) is 0.978. The van der Waals surface area contributed by atoms with Crippen LogP contribution in [0.25, 0.3) is 0 Å². The van der Waals surface area contributed by atoms with Crippen molar-refractivity contribution < 1.29 is 9.90 Å². The summed E-state index contributed by atoms with van der Waals surface area (Å²) in [6.07, 6.45) is -1.20. The molecule has 0 bridgehead atoms. The molecule has 64 valence electrons. The standard InChI is InChI=1S/C5H11N3O3/c1-3-6-5(10)8(7-11)4(2)9/h4,9H,3H2,1-2H3,(H,6,10). The largest absolute Gasteiger partial charge is 0.372 e. The topological polar surface area (TPSA) is 82.0 Å². The fraction of sp³-hybridized carbons (Fsp3) is 0.800. The molecule has 0 rings (SSSR count). The molecule has 0 saturated carbocycles. The molecular weight excluding hydrogens is 150 g/mol. The first kappa shape index (κ1) is 9.83. The Balaban J connectivity index is 4.03. The summed E-state index contributed by atoms with van der Waals surface area (Å²) in [4.78, 5) is 20.7. The summed E-state index contributed by atoms with van der Waals surface area (Å²) < 4.78 is 0. The van der Waals surface area contributed by atoms with E-state index in [1.807, 2.05) is 0 Å². The minimum absolute atomic E-state index is 0.386. The van der Waals surface area contributed by atoms with E-state index < -0.39 is 12.3 Å². The Morgan fingerprint density at radius 2 is 2.36 bits per heavy atom. The number of aliphatic hydroxyl groups excluding tert-OH is 1. The Morgan fingerprint density at radius 3 is 2.64 bits per heavy atom. The number of hydrogen-bond acceptors (Lipinski definition) is 4. The van der Waals surface area contributed by atoms with Gasteiger partial charge in [0.2, 0.25) is 0 Å². The van der Waals surface area contributed by atoms with E-state index in [4.69, 9.17) is 5.11 Å². The fourth-order valence-corrected chi connectivity index (χ4v) is 0.507. The predicted molar refractivity (Wildman–Crippen MR) is 38.4 cm³/mol. The number of carbonyl (C=O) groups excluding carboxylic acids is 1. The lowest BCUT2D eigenvalue weighted by Gasteiger charge is -2.15. The number of urea groups is 1. The summed E-state index contributed by atoms with van der Waals surface area (Å²) in [5.74, 6) is 0. The molecule has 0 aromatic heterocycles. The Kier molecular flexibility index (Phi) is 4.12. The number of rotatable bonds is 3. The molecular formula is C5H11N3O3. The molecule has 6 heteroatoms. The van der Waals surface area contributed by atoms with Gasteiger partial charge in [0.05, 0.1) is 5.29 Å². The van der Waals surface area contributed by atoms with Gasteiger partial charge in [-0.1, -0.05) is 0 Å². The Hall–Kier alpha value is -1.17. The third kappa shape index (κ3) is 2.94. The molecule has 1 unspecified atom stereocenters. The van der Waals surface area contributed by atoms with Crippen LogP contribution in [0.3, 0.4) is 0 Å². The number of nitrogens with zero attached hydrogens (tertiary/aromatic N) is 2. The van der Waals surface area contributed by atoms with Gasteiger partial charge < -0.3 is 10.4 Å². The summed E-state index contributed by atoms with van der Waals surface area (Å²) >= 11 is 0. The lowest BCUT2D eigenvalue weighted by Crippen LogP contribution is -2.41. The highest BCUT2D eigenvalue weighted by molar-refractivity contribution is 5.73. The van der Waals surface area contributed by atoms with Crippen molar-refractivity contribution in [3.63, 3.8) is 0 Å². The van der Waals surface area contributed by atoms with Gasteiger partial charge in [-0.05, 0) is 13.8 Å². The maximum Gasteiger partial charge on any atom is 0.342 e. The van der Waals surface area contributed by atoms with Crippen molar-refractivity contribution in [2.45, 2.75) is 20.1 Å². The first-order valence-corrected chi connectivity index (χ1v) is 3.21. The molecule has 0 heterocycles. The van der Waals surface area contributed by atoms with E-state index in [9.17, 15) is 9.70 Å². The van der Waals surface area contributed by atoms with E-state index in [1.165, 1.54) is 6.92 Å². The van der Waals surface area contributed by atoms with Gasteiger partial charge in [-0.2, -0.15) is 0 Å². The summed E-state index contributed by atoms with van der Waals surface area (Å²) in [6.45, 7) is 3.36. The number of hydrogen-bond donors (Lipinski definition) is 2. The molecule has 0 aliphatic rings. The van der Waals surface area contributed by atoms with Crippen molar-refractivity contribution in [1.82, 2.24) is 10.3 Å². The quantitative estimate of drug-likeness (QED) is 0.348. The molecule has 0 spiro atoms. The second-order valence-electron chi connectivity index (χ2n) is 1.89. The third-order valence-electron chi connectivity index (χ3n) is 0.978. The average Bonchev–Trinajstić information content (AvgIpc) is 1.88. The lowest BCUT2D eigenvalue weighted by molar-refractivity contribution is 0.0460. The molecule has 0 fully saturated rings. The van der Waals surface area contributed by atoms with Crippen molar-refractivity contribution in [2.24, 2.45) is 5.29 Å². The van der Waals surface area contributed by atoms with Gasteiger partial charge in [-0.15, -0.1) is 9.92 Å². The normalized spacial score (nSPS) is 11.9. The van der Waals surface area contributed by atoms with Crippen LogP contribution in [0.1, 0.15) is 13.8 Å². The predicted octanol–water partition coefficient (Wildman–Crippen LogP) is 0.0376. The van der Waals surface area contributed by atoms with Gasteiger partial charge >= 0.3 is 6.03 Å². The molecule has 0 aliphatic carbocycles. The monoisotopic (exact) mass is 161 g/mol. The second kappa shape index (κ2) is 4.62. The van der Waals surface area contributed by atoms with Crippen LogP contribution in [0.4, 0.5) is 4.79 Å². The van der Waals surface area contributed by atoms with Crippen molar-refractivity contribution in [3.05, 3.63) is 4.91 Å². The molecule has 0 aliphatic heterocycles. The zero-order valence-corrected chi connectivity index (χ0v) is 6.44. The van der Waals surface area contributed by atoms with Crippen molar-refractivity contribution >= 4 is 6.03 Å². The zero-order valence-electron chi connectivity index (χ0n) is 6.44. The van der Waals surface area contributed by atoms with Crippen molar-refractivity contribution in [1.29, 1.82) is 0 Å². The van der Waals surface area contributed by atoms with E-state index in [1.54, 1.807) is 6.92 Å². The zero-order chi connectivity index (χ0) is 8.85. The van der Waals surface area contributed by atoms with Crippen LogP contribution in [-0.2, 0) is 0 Å². The molecule has 2 amide bonds. The van der Waals surface area contributed by atoms with E-state index in [-0.39, 0.29) is 0 Å². The first-order chi connectivity index (χ1) is 5.13. The number of nitrogens with one attached hydrogen (secondary N) is 1. The molecule has 2 N–H and O–H groups in total. The molecule has 0 saturated heterocycles. The highest BCUT2D eigenvalue weighted by atomic mass is 16.4. The van der Waals surface area contributed by atoms with Crippen molar-refractivity contribution in [3.8, 4) is 0 Å². The maximum atomic E-state index is 10.8. The molecule has 1 atom stereocenters. The minimum Gasteiger partial charge on any atom is -0.372 e. The smallest absolute Gasteiger partial charge is 0.342 e. The van der Waals surface area contributed by atoms with Gasteiger partial charge in [-0.3, -0.25) is 0 Å². The van der Waals surface area contributed by atoms with Gasteiger partial charge in [0.1, 0.15) is 0 Å². The highest BCUT2D eigenvalue weighted by Crippen LogP contribution is 1.95. The number of aliphatic hydroxyl groups is 1. The Labute approximate surface area is 64.1 Å². The maximum absolute atomic E-state index is 10.8. The van der Waals surface area contributed by atoms with Gasteiger partial charge in [-0.25, -0.2) is 4.79 Å². The summed E-state index contributed by atoms with van der Waals surface area (Å²) in [6, 6.07) is -0.697. The number of carbonyl (C=O) groups is 1. The van der Waals surface area contributed by atoms with E-state index >= 15 is 0 Å². The van der Waals surface area contributed by atoms with E-state index in [0.717, 1.165) is 0 Å². The lowest BCUT2D eigenvalue weighted by atomic mass is 10.6. The molecule has 0 aromatic carbocycles. The minimum atomic E-state index is -1.20. The van der Waals surface area contributed by atoms with Crippen molar-refractivity contribution in [2.75, 3.05) is 6.54 Å². The van der Waals surface area contributed by atoms with Crippen LogP contribution in [0.2, 0.25) is 0 Å². The molecule has 0 aromatic rings. The first-order valence-electron chi connectivity index (χ1n) is 3.21. The summed E-state index contributed by atoms with van der Waals surface area (Å²) in [7, 11) is 0. The SMILES string of the molecule is CCNC(=O)N(N=O)C(C)O.